The molecule has 0 heterocycles. The minimum Gasteiger partial charge on any atom is -0.495 e. The maximum atomic E-state index is 13.8. The van der Waals surface area contributed by atoms with Crippen LogP contribution in [-0.4, -0.2) is 33.9 Å². The predicted octanol–water partition coefficient (Wildman–Crippen LogP) is 7.04. The smallest absolute Gasteiger partial charge is 0.264 e. The monoisotopic (exact) mass is 619 g/mol. The summed E-state index contributed by atoms with van der Waals surface area (Å²) >= 11 is 6.22. The van der Waals surface area contributed by atoms with Crippen molar-refractivity contribution in [3.05, 3.63) is 113 Å². The summed E-state index contributed by atoms with van der Waals surface area (Å²) in [6.45, 7) is 7.59. The molecule has 4 rings (SSSR count). The highest BCUT2D eigenvalue weighted by atomic mass is 35.5. The lowest BCUT2D eigenvalue weighted by molar-refractivity contribution is -0.114. The maximum absolute atomic E-state index is 13.8. The largest absolute Gasteiger partial charge is 0.495 e. The van der Waals surface area contributed by atoms with Crippen molar-refractivity contribution in [3.63, 3.8) is 0 Å². The van der Waals surface area contributed by atoms with Crippen LogP contribution in [0.1, 0.15) is 42.3 Å². The average Bonchev–Trinajstić information content (AvgIpc) is 2.96. The van der Waals surface area contributed by atoms with Crippen LogP contribution in [0.15, 0.2) is 95.9 Å². The number of sulfonamides is 1. The number of anilines is 3. The Balaban J connectivity index is 1.56. The molecule has 8 nitrogen and oxygen atoms in total. The summed E-state index contributed by atoms with van der Waals surface area (Å²) in [5.74, 6) is -0.681. The Hall–Kier alpha value is -4.34. The van der Waals surface area contributed by atoms with Gasteiger partial charge in [0.2, 0.25) is 5.91 Å². The van der Waals surface area contributed by atoms with Crippen LogP contribution in [-0.2, 0) is 20.2 Å². The van der Waals surface area contributed by atoms with E-state index >= 15 is 0 Å². The molecule has 0 saturated carbocycles. The summed E-state index contributed by atoms with van der Waals surface area (Å²) in [5, 5.41) is 5.85. The predicted molar refractivity (Wildman–Crippen MR) is 172 cm³/mol. The highest BCUT2D eigenvalue weighted by molar-refractivity contribution is 7.92. The van der Waals surface area contributed by atoms with Crippen LogP contribution in [0.2, 0.25) is 5.02 Å². The van der Waals surface area contributed by atoms with Crippen LogP contribution in [0, 0.1) is 6.92 Å². The number of nitrogens with zero attached hydrogens (tertiary/aromatic N) is 1. The highest BCUT2D eigenvalue weighted by Crippen LogP contribution is 2.35. The van der Waals surface area contributed by atoms with E-state index in [4.69, 9.17) is 16.3 Å². The normalized spacial score (nSPS) is 11.5. The van der Waals surface area contributed by atoms with Crippen LogP contribution in [0.4, 0.5) is 17.1 Å². The van der Waals surface area contributed by atoms with Crippen molar-refractivity contribution in [1.29, 1.82) is 0 Å². The fourth-order valence-electron chi connectivity index (χ4n) is 4.33. The molecule has 4 aromatic rings. The summed E-state index contributed by atoms with van der Waals surface area (Å²) in [6, 6.07) is 24.9. The third kappa shape index (κ3) is 7.74. The quantitative estimate of drug-likeness (QED) is 0.209. The molecule has 4 aromatic carbocycles. The number of benzene rings is 4. The molecule has 0 bridgehead atoms. The molecular formula is C33H34ClN3O5S. The van der Waals surface area contributed by atoms with E-state index in [9.17, 15) is 18.0 Å². The lowest BCUT2D eigenvalue weighted by Gasteiger charge is -2.26. The average molecular weight is 620 g/mol. The second kappa shape index (κ2) is 12.9. The summed E-state index contributed by atoms with van der Waals surface area (Å²) < 4.78 is 34.0. The third-order valence-electron chi connectivity index (χ3n) is 6.72. The molecule has 2 amide bonds. The fraction of sp³-hybridized carbons (Fsp3) is 0.212. The maximum Gasteiger partial charge on any atom is 0.264 e. The Labute approximate surface area is 257 Å². The number of hydrogen-bond acceptors (Lipinski definition) is 5. The van der Waals surface area contributed by atoms with Gasteiger partial charge in [0.25, 0.3) is 15.9 Å². The van der Waals surface area contributed by atoms with E-state index in [2.05, 4.69) is 31.4 Å². The summed E-state index contributed by atoms with van der Waals surface area (Å²) in [4.78, 5) is 26.2. The second-order valence-corrected chi connectivity index (χ2v) is 13.4. The van der Waals surface area contributed by atoms with Gasteiger partial charge in [0.05, 0.1) is 17.7 Å². The molecule has 0 radical (unpaired) electrons. The van der Waals surface area contributed by atoms with Gasteiger partial charge in [0.15, 0.2) is 0 Å². The van der Waals surface area contributed by atoms with Gasteiger partial charge in [-0.05, 0) is 78.6 Å². The molecule has 0 spiro atoms. The van der Waals surface area contributed by atoms with Gasteiger partial charge in [-0.2, -0.15) is 0 Å². The second-order valence-electron chi connectivity index (χ2n) is 11.1. The molecule has 0 unspecified atom stereocenters. The van der Waals surface area contributed by atoms with E-state index in [1.165, 1.54) is 31.4 Å². The number of amides is 2. The van der Waals surface area contributed by atoms with Crippen molar-refractivity contribution >= 4 is 50.5 Å². The van der Waals surface area contributed by atoms with E-state index < -0.39 is 22.5 Å². The first kappa shape index (κ1) is 31.6. The molecule has 0 atom stereocenters. The number of nitrogens with one attached hydrogen (secondary N) is 2. The number of halogens is 1. The van der Waals surface area contributed by atoms with Crippen LogP contribution in [0.5, 0.6) is 5.75 Å². The Morgan fingerprint density at radius 2 is 1.49 bits per heavy atom. The van der Waals surface area contributed by atoms with Crippen molar-refractivity contribution in [2.45, 2.75) is 38.0 Å². The minimum atomic E-state index is -4.20. The number of carbonyl (C=O) groups excluding carboxylic acids is 2. The van der Waals surface area contributed by atoms with Gasteiger partial charge in [-0.1, -0.05) is 68.3 Å². The standard InChI is InChI=1S/C33H34ClN3O5S/c1-22-9-16-28(17-10-22)43(40,41)37(29-19-25(34)15-18-30(29)42-5)21-31(38)35-26-7-6-8-27(20-26)36-32(39)23-11-13-24(14-12-23)33(2,3)4/h6-20H,21H2,1-5H3,(H,35,38)(H,36,39). The molecule has 0 aliphatic carbocycles. The van der Waals surface area contributed by atoms with Crippen LogP contribution < -0.4 is 19.7 Å². The van der Waals surface area contributed by atoms with Gasteiger partial charge in [-0.25, -0.2) is 8.42 Å². The Kier molecular flexibility index (Phi) is 9.47. The molecule has 224 valence electrons. The minimum absolute atomic E-state index is 0.00757. The Bertz CT molecular complexity index is 1730. The van der Waals surface area contributed by atoms with E-state index in [1.54, 1.807) is 54.6 Å². The van der Waals surface area contributed by atoms with Crippen molar-refractivity contribution in [2.75, 3.05) is 28.6 Å². The van der Waals surface area contributed by atoms with Gasteiger partial charge >= 0.3 is 0 Å². The lowest BCUT2D eigenvalue weighted by Crippen LogP contribution is -2.38. The van der Waals surface area contributed by atoms with Gasteiger partial charge < -0.3 is 15.4 Å². The van der Waals surface area contributed by atoms with Crippen LogP contribution in [0.3, 0.4) is 0 Å². The lowest BCUT2D eigenvalue weighted by atomic mass is 9.87. The number of rotatable bonds is 9. The molecule has 10 heteroatoms. The molecule has 0 aromatic heterocycles. The third-order valence-corrected chi connectivity index (χ3v) is 8.73. The van der Waals surface area contributed by atoms with Crippen LogP contribution >= 0.6 is 11.6 Å². The molecule has 0 aliphatic rings. The van der Waals surface area contributed by atoms with Crippen molar-refractivity contribution in [3.8, 4) is 5.75 Å². The first-order valence-electron chi connectivity index (χ1n) is 13.5. The summed E-state index contributed by atoms with van der Waals surface area (Å²) in [7, 11) is -2.79. The number of methoxy groups -OCH3 is 1. The summed E-state index contributed by atoms with van der Waals surface area (Å²) in [6.07, 6.45) is 0. The summed E-state index contributed by atoms with van der Waals surface area (Å²) in [5.41, 5.74) is 3.41. The van der Waals surface area contributed by atoms with E-state index in [0.29, 0.717) is 16.9 Å². The molecule has 0 fully saturated rings. The van der Waals surface area contributed by atoms with Gasteiger partial charge in [0, 0.05) is 22.0 Å². The first-order valence-corrected chi connectivity index (χ1v) is 15.3. The molecule has 43 heavy (non-hydrogen) atoms. The Morgan fingerprint density at radius 1 is 0.860 bits per heavy atom. The zero-order valence-corrected chi connectivity index (χ0v) is 26.2. The van der Waals surface area contributed by atoms with Gasteiger partial charge in [-0.3, -0.25) is 13.9 Å². The Morgan fingerprint density at radius 3 is 2.09 bits per heavy atom. The number of hydrogen-bond donors (Lipinski definition) is 2. The van der Waals surface area contributed by atoms with Crippen molar-refractivity contribution < 1.29 is 22.7 Å². The zero-order chi connectivity index (χ0) is 31.4. The highest BCUT2D eigenvalue weighted by Gasteiger charge is 2.30. The molecule has 0 aliphatic heterocycles. The topological polar surface area (TPSA) is 105 Å². The zero-order valence-electron chi connectivity index (χ0n) is 24.6. The van der Waals surface area contributed by atoms with Crippen molar-refractivity contribution in [1.82, 2.24) is 0 Å². The van der Waals surface area contributed by atoms with E-state index in [-0.39, 0.29) is 32.7 Å². The number of carbonyl (C=O) groups is 2. The number of aryl methyl sites for hydroxylation is 1. The van der Waals surface area contributed by atoms with Gasteiger partial charge in [0.1, 0.15) is 12.3 Å². The van der Waals surface area contributed by atoms with E-state index in [0.717, 1.165) is 15.4 Å². The SMILES string of the molecule is COc1ccc(Cl)cc1N(CC(=O)Nc1cccc(NC(=O)c2ccc(C(C)(C)C)cc2)c1)S(=O)(=O)c1ccc(C)cc1. The van der Waals surface area contributed by atoms with Gasteiger partial charge in [-0.15, -0.1) is 0 Å². The fourth-order valence-corrected chi connectivity index (χ4v) is 5.92. The van der Waals surface area contributed by atoms with Crippen LogP contribution in [0.25, 0.3) is 0 Å². The van der Waals surface area contributed by atoms with Crippen molar-refractivity contribution in [2.24, 2.45) is 0 Å². The van der Waals surface area contributed by atoms with E-state index in [1.807, 2.05) is 19.1 Å². The number of ether oxygens (including phenoxy) is 1. The molecular weight excluding hydrogens is 586 g/mol. The molecule has 0 saturated heterocycles. The molecule has 2 N–H and O–H groups in total. The first-order chi connectivity index (χ1) is 20.3.